The van der Waals surface area contributed by atoms with E-state index >= 15 is 0 Å². The molecule has 2 atom stereocenters. The van der Waals surface area contributed by atoms with Gasteiger partial charge in [-0.1, -0.05) is 0 Å². The molecule has 0 radical (unpaired) electrons. The van der Waals surface area contributed by atoms with Gasteiger partial charge in [0, 0.05) is 6.61 Å². The van der Waals surface area contributed by atoms with Crippen LogP contribution in [0.2, 0.25) is 0 Å². The first-order valence-corrected chi connectivity index (χ1v) is 4.78. The highest BCUT2D eigenvalue weighted by Gasteiger charge is 2.51. The maximum absolute atomic E-state index is 13.5. The third kappa shape index (κ3) is 3.96. The summed E-state index contributed by atoms with van der Waals surface area (Å²) in [5, 5.41) is 0. The second kappa shape index (κ2) is 6.67. The molecule has 0 bridgehead atoms. The predicted octanol–water partition coefficient (Wildman–Crippen LogP) is 2.25. The number of rotatable bonds is 7. The quantitative estimate of drug-likeness (QED) is 0.510. The molecule has 0 aromatic heterocycles. The zero-order valence-corrected chi connectivity index (χ0v) is 9.01. The zero-order chi connectivity index (χ0) is 12.8. The van der Waals surface area contributed by atoms with E-state index in [9.17, 15) is 22.4 Å². The van der Waals surface area contributed by atoms with E-state index in [0.29, 0.717) is 0 Å². The van der Waals surface area contributed by atoms with E-state index in [1.54, 1.807) is 0 Å². The Kier molecular flexibility index (Phi) is 6.32. The first-order chi connectivity index (χ1) is 7.38. The maximum Gasteiger partial charge on any atom is 0.350 e. The minimum Gasteiger partial charge on any atom is -0.463 e. The van der Waals surface area contributed by atoms with Crippen molar-refractivity contribution in [1.82, 2.24) is 0 Å². The lowest BCUT2D eigenvalue weighted by Gasteiger charge is -2.23. The Morgan fingerprint density at radius 3 is 2.19 bits per heavy atom. The average Bonchev–Trinajstić information content (AvgIpc) is 2.17. The molecule has 0 amide bonds. The molecule has 7 heteroatoms. The van der Waals surface area contributed by atoms with Crippen LogP contribution in [0.5, 0.6) is 0 Å². The SMILES string of the molecule is CCOC(=O)C(F)(CC(F)OCC)C(F)F. The van der Waals surface area contributed by atoms with Crippen LogP contribution in [-0.2, 0) is 14.3 Å². The minimum absolute atomic E-state index is 0.108. The fourth-order valence-corrected chi connectivity index (χ4v) is 0.986. The van der Waals surface area contributed by atoms with Crippen LogP contribution >= 0.6 is 0 Å². The number of hydrogen-bond acceptors (Lipinski definition) is 3. The molecule has 0 spiro atoms. The Morgan fingerprint density at radius 2 is 1.81 bits per heavy atom. The first kappa shape index (κ1) is 15.2. The molecule has 0 heterocycles. The van der Waals surface area contributed by atoms with Gasteiger partial charge in [-0.2, -0.15) is 0 Å². The molecule has 0 aliphatic heterocycles. The van der Waals surface area contributed by atoms with Crippen molar-refractivity contribution < 1.29 is 31.8 Å². The van der Waals surface area contributed by atoms with E-state index in [1.165, 1.54) is 13.8 Å². The number of carbonyl (C=O) groups excluding carboxylic acids is 1. The van der Waals surface area contributed by atoms with Crippen LogP contribution in [0.25, 0.3) is 0 Å². The highest BCUT2D eigenvalue weighted by atomic mass is 19.3. The van der Waals surface area contributed by atoms with Crippen LogP contribution in [0.3, 0.4) is 0 Å². The Labute approximate surface area is 90.7 Å². The van der Waals surface area contributed by atoms with Crippen molar-refractivity contribution in [2.75, 3.05) is 13.2 Å². The number of esters is 1. The molecule has 0 N–H and O–H groups in total. The molecule has 0 fully saturated rings. The summed E-state index contributed by atoms with van der Waals surface area (Å²) in [4.78, 5) is 10.9. The molecular formula is C9H14F4O3. The van der Waals surface area contributed by atoms with Gasteiger partial charge < -0.3 is 9.47 Å². The third-order valence-corrected chi connectivity index (χ3v) is 1.77. The number of carbonyl (C=O) groups is 1. The summed E-state index contributed by atoms with van der Waals surface area (Å²) < 4.78 is 59.5. The number of halogens is 4. The highest BCUT2D eigenvalue weighted by Crippen LogP contribution is 2.29. The van der Waals surface area contributed by atoms with E-state index in [1.807, 2.05) is 0 Å². The van der Waals surface area contributed by atoms with Gasteiger partial charge in [-0.05, 0) is 13.8 Å². The summed E-state index contributed by atoms with van der Waals surface area (Å²) in [6, 6.07) is 0. The summed E-state index contributed by atoms with van der Waals surface area (Å²) in [7, 11) is 0. The molecule has 0 aromatic carbocycles. The molecule has 2 unspecified atom stereocenters. The van der Waals surface area contributed by atoms with E-state index in [0.717, 1.165) is 0 Å². The van der Waals surface area contributed by atoms with Gasteiger partial charge >= 0.3 is 5.97 Å². The molecule has 16 heavy (non-hydrogen) atoms. The van der Waals surface area contributed by atoms with Crippen LogP contribution < -0.4 is 0 Å². The lowest BCUT2D eigenvalue weighted by molar-refractivity contribution is -0.179. The Morgan fingerprint density at radius 1 is 1.25 bits per heavy atom. The van der Waals surface area contributed by atoms with Crippen molar-refractivity contribution in [3.63, 3.8) is 0 Å². The van der Waals surface area contributed by atoms with Gasteiger partial charge in [-0.25, -0.2) is 22.4 Å². The van der Waals surface area contributed by atoms with Gasteiger partial charge in [-0.15, -0.1) is 0 Å². The van der Waals surface area contributed by atoms with Crippen molar-refractivity contribution in [3.05, 3.63) is 0 Å². The Hall–Kier alpha value is -0.850. The van der Waals surface area contributed by atoms with Crippen molar-refractivity contribution in [2.24, 2.45) is 0 Å². The standard InChI is InChI=1S/C9H14F4O3/c1-3-15-6(10)5-9(13,7(11)12)8(14)16-4-2/h6-7H,3-5H2,1-2H3. The van der Waals surface area contributed by atoms with Gasteiger partial charge in [0.25, 0.3) is 12.1 Å². The molecule has 0 aromatic rings. The van der Waals surface area contributed by atoms with Gasteiger partial charge in [0.05, 0.1) is 13.0 Å². The summed E-state index contributed by atoms with van der Waals surface area (Å²) in [6.45, 7) is 2.38. The monoisotopic (exact) mass is 246 g/mol. The van der Waals surface area contributed by atoms with Crippen molar-refractivity contribution in [2.45, 2.75) is 38.7 Å². The minimum atomic E-state index is -3.66. The second-order valence-electron chi connectivity index (χ2n) is 2.95. The first-order valence-electron chi connectivity index (χ1n) is 4.78. The second-order valence-corrected chi connectivity index (χ2v) is 2.95. The van der Waals surface area contributed by atoms with Crippen molar-refractivity contribution >= 4 is 5.97 Å². The number of ether oxygens (including phenoxy) is 2. The van der Waals surface area contributed by atoms with Crippen LogP contribution in [0.4, 0.5) is 17.6 Å². The van der Waals surface area contributed by atoms with E-state index in [4.69, 9.17) is 0 Å². The van der Waals surface area contributed by atoms with Gasteiger partial charge in [-0.3, -0.25) is 0 Å². The fraction of sp³-hybridized carbons (Fsp3) is 0.889. The highest BCUT2D eigenvalue weighted by molar-refractivity contribution is 5.80. The van der Waals surface area contributed by atoms with E-state index < -0.39 is 30.8 Å². The maximum atomic E-state index is 13.5. The molecule has 0 aliphatic rings. The molecule has 96 valence electrons. The predicted molar refractivity (Wildman–Crippen MR) is 47.6 cm³/mol. The molecule has 0 rings (SSSR count). The number of alkyl halides is 4. The van der Waals surface area contributed by atoms with Crippen molar-refractivity contribution in [1.29, 1.82) is 0 Å². The summed E-state index contributed by atoms with van der Waals surface area (Å²) >= 11 is 0. The van der Waals surface area contributed by atoms with Crippen molar-refractivity contribution in [3.8, 4) is 0 Å². The van der Waals surface area contributed by atoms with Gasteiger partial charge in [0.2, 0.25) is 6.36 Å². The molecule has 0 saturated carbocycles. The van der Waals surface area contributed by atoms with Crippen LogP contribution in [0, 0.1) is 0 Å². The summed E-state index contributed by atoms with van der Waals surface area (Å²) in [5.41, 5.74) is -3.66. The fourth-order valence-electron chi connectivity index (χ4n) is 0.986. The normalized spacial score (nSPS) is 16.9. The summed E-state index contributed by atoms with van der Waals surface area (Å²) in [5.74, 6) is -1.77. The zero-order valence-electron chi connectivity index (χ0n) is 9.01. The largest absolute Gasteiger partial charge is 0.463 e. The molecule has 0 saturated heterocycles. The van der Waals surface area contributed by atoms with Crippen LogP contribution in [-0.4, -0.2) is 37.6 Å². The number of hydrogen-bond donors (Lipinski definition) is 0. The molecule has 0 aliphatic carbocycles. The van der Waals surface area contributed by atoms with E-state index in [2.05, 4.69) is 9.47 Å². The Balaban J connectivity index is 4.62. The Bertz CT molecular complexity index is 225. The van der Waals surface area contributed by atoms with E-state index in [-0.39, 0.29) is 13.2 Å². The topological polar surface area (TPSA) is 35.5 Å². The lowest BCUT2D eigenvalue weighted by Crippen LogP contribution is -2.45. The summed E-state index contributed by atoms with van der Waals surface area (Å²) in [6.07, 6.45) is -7.31. The smallest absolute Gasteiger partial charge is 0.350 e. The third-order valence-electron chi connectivity index (χ3n) is 1.77. The average molecular weight is 246 g/mol. The van der Waals surface area contributed by atoms with Crippen LogP contribution in [0.15, 0.2) is 0 Å². The van der Waals surface area contributed by atoms with Gasteiger partial charge in [0.1, 0.15) is 0 Å². The van der Waals surface area contributed by atoms with Crippen LogP contribution in [0.1, 0.15) is 20.3 Å². The lowest BCUT2D eigenvalue weighted by atomic mass is 10.0. The molecular weight excluding hydrogens is 232 g/mol. The molecule has 3 nitrogen and oxygen atoms in total. The van der Waals surface area contributed by atoms with Gasteiger partial charge in [0.15, 0.2) is 0 Å².